The second kappa shape index (κ2) is 4.78. The predicted molar refractivity (Wildman–Crippen MR) is 66.7 cm³/mol. The van der Waals surface area contributed by atoms with Crippen LogP contribution in [0.3, 0.4) is 0 Å². The Morgan fingerprint density at radius 2 is 1.72 bits per heavy atom. The number of hydrogen-bond acceptors (Lipinski definition) is 3. The molecule has 0 aromatic heterocycles. The Hall–Kier alpha value is -1.88. The summed E-state index contributed by atoms with van der Waals surface area (Å²) in [6, 6.07) is 12.9. The van der Waals surface area contributed by atoms with Crippen LogP contribution >= 0.6 is 0 Å². The zero-order valence-electron chi connectivity index (χ0n) is 9.63. The van der Waals surface area contributed by atoms with Crippen LogP contribution in [0.4, 0.5) is 3.89 Å². The van der Waals surface area contributed by atoms with Gasteiger partial charge in [0.15, 0.2) is 0 Å². The van der Waals surface area contributed by atoms with Gasteiger partial charge in [-0.1, -0.05) is 30.3 Å². The number of benzene rings is 2. The minimum absolute atomic E-state index is 0.373. The van der Waals surface area contributed by atoms with E-state index in [0.29, 0.717) is 11.3 Å². The first-order valence-corrected chi connectivity index (χ1v) is 6.59. The lowest BCUT2D eigenvalue weighted by molar-refractivity contribution is 0.416. The molecule has 94 valence electrons. The van der Waals surface area contributed by atoms with Gasteiger partial charge in [0.25, 0.3) is 0 Å². The van der Waals surface area contributed by atoms with Crippen LogP contribution in [0.1, 0.15) is 0 Å². The van der Waals surface area contributed by atoms with Crippen molar-refractivity contribution in [1.29, 1.82) is 0 Å². The molecular weight excluding hydrogens is 255 g/mol. The molecule has 0 fully saturated rings. The summed E-state index contributed by atoms with van der Waals surface area (Å²) in [4.78, 5) is -0.373. The molecule has 0 bridgehead atoms. The summed E-state index contributed by atoms with van der Waals surface area (Å²) in [5.41, 5.74) is 1.30. The maximum Gasteiger partial charge on any atom is 0.332 e. The summed E-state index contributed by atoms with van der Waals surface area (Å²) in [7, 11) is -3.24. The molecule has 0 saturated heterocycles. The first-order chi connectivity index (χ1) is 8.52. The van der Waals surface area contributed by atoms with Gasteiger partial charge >= 0.3 is 10.2 Å². The zero-order valence-corrected chi connectivity index (χ0v) is 10.4. The molecule has 0 saturated carbocycles. The van der Waals surface area contributed by atoms with Crippen LogP contribution in [0.25, 0.3) is 11.1 Å². The molecule has 0 atom stereocenters. The van der Waals surface area contributed by atoms with Crippen molar-refractivity contribution in [2.45, 2.75) is 4.90 Å². The van der Waals surface area contributed by atoms with Crippen LogP contribution in [0.5, 0.6) is 5.75 Å². The maximum atomic E-state index is 13.0. The minimum atomic E-state index is -4.71. The molecule has 0 radical (unpaired) electrons. The highest BCUT2D eigenvalue weighted by Gasteiger charge is 2.15. The second-order valence-electron chi connectivity index (χ2n) is 3.67. The smallest absolute Gasteiger partial charge is 0.332 e. The molecule has 0 aliphatic rings. The van der Waals surface area contributed by atoms with Gasteiger partial charge < -0.3 is 4.74 Å². The van der Waals surface area contributed by atoms with Crippen molar-refractivity contribution in [3.05, 3.63) is 48.5 Å². The molecule has 0 spiro atoms. The molecule has 2 rings (SSSR count). The predicted octanol–water partition coefficient (Wildman–Crippen LogP) is 3.02. The van der Waals surface area contributed by atoms with E-state index in [4.69, 9.17) is 4.74 Å². The van der Waals surface area contributed by atoms with E-state index in [2.05, 4.69) is 0 Å². The third-order valence-electron chi connectivity index (χ3n) is 2.54. The van der Waals surface area contributed by atoms with Crippen LogP contribution in [0.2, 0.25) is 0 Å². The van der Waals surface area contributed by atoms with Gasteiger partial charge in [-0.05, 0) is 23.8 Å². The molecule has 5 heteroatoms. The van der Waals surface area contributed by atoms with Gasteiger partial charge in [-0.25, -0.2) is 0 Å². The molecule has 0 amide bonds. The van der Waals surface area contributed by atoms with Gasteiger partial charge in [-0.15, -0.1) is 3.89 Å². The van der Waals surface area contributed by atoms with Crippen LogP contribution in [-0.4, -0.2) is 15.5 Å². The summed E-state index contributed by atoms with van der Waals surface area (Å²) >= 11 is 0. The Kier molecular flexibility index (Phi) is 3.34. The molecular formula is C13H11FO3S. The fraction of sp³-hybridized carbons (Fsp3) is 0.0769. The zero-order chi connectivity index (χ0) is 13.2. The molecule has 0 unspecified atom stereocenters. The molecule has 0 N–H and O–H groups in total. The van der Waals surface area contributed by atoms with E-state index >= 15 is 0 Å². The standard InChI is InChI=1S/C13H11FO3S/c1-17-13-8-7-11(18(14,15)16)9-12(13)10-5-3-2-4-6-10/h2-9H,1H3. The summed E-state index contributed by atoms with van der Waals surface area (Å²) in [6.07, 6.45) is 0. The number of hydrogen-bond donors (Lipinski definition) is 0. The highest BCUT2D eigenvalue weighted by Crippen LogP contribution is 2.32. The Morgan fingerprint density at radius 3 is 2.28 bits per heavy atom. The third kappa shape index (κ3) is 2.51. The SMILES string of the molecule is COc1ccc(S(=O)(=O)F)cc1-c1ccccc1. The van der Waals surface area contributed by atoms with Gasteiger partial charge in [0, 0.05) is 5.56 Å². The fourth-order valence-electron chi connectivity index (χ4n) is 1.68. The van der Waals surface area contributed by atoms with Crippen molar-refractivity contribution in [1.82, 2.24) is 0 Å². The van der Waals surface area contributed by atoms with Crippen LogP contribution < -0.4 is 4.74 Å². The topological polar surface area (TPSA) is 43.4 Å². The van der Waals surface area contributed by atoms with Crippen molar-refractivity contribution < 1.29 is 17.0 Å². The van der Waals surface area contributed by atoms with E-state index in [1.807, 2.05) is 18.2 Å². The lowest BCUT2D eigenvalue weighted by Crippen LogP contribution is -1.95. The van der Waals surface area contributed by atoms with E-state index in [1.165, 1.54) is 25.3 Å². The highest BCUT2D eigenvalue weighted by atomic mass is 32.3. The maximum absolute atomic E-state index is 13.0. The number of methoxy groups -OCH3 is 1. The average molecular weight is 266 g/mol. The molecule has 2 aromatic carbocycles. The molecule has 2 aromatic rings. The Labute approximate surface area is 105 Å². The number of rotatable bonds is 3. The summed E-state index contributed by atoms with van der Waals surface area (Å²) in [6.45, 7) is 0. The molecule has 0 aliphatic carbocycles. The van der Waals surface area contributed by atoms with Gasteiger partial charge in [0.1, 0.15) is 5.75 Å². The van der Waals surface area contributed by atoms with Gasteiger partial charge in [-0.2, -0.15) is 8.42 Å². The van der Waals surface area contributed by atoms with Crippen LogP contribution in [-0.2, 0) is 10.2 Å². The van der Waals surface area contributed by atoms with Crippen molar-refractivity contribution >= 4 is 10.2 Å². The van der Waals surface area contributed by atoms with E-state index in [9.17, 15) is 12.3 Å². The van der Waals surface area contributed by atoms with Gasteiger partial charge in [0.2, 0.25) is 0 Å². The Balaban J connectivity index is 2.64. The quantitative estimate of drug-likeness (QED) is 0.802. The van der Waals surface area contributed by atoms with E-state index in [-0.39, 0.29) is 4.90 Å². The van der Waals surface area contributed by atoms with Crippen molar-refractivity contribution in [2.75, 3.05) is 7.11 Å². The lowest BCUT2D eigenvalue weighted by atomic mass is 10.1. The summed E-state index contributed by atoms with van der Waals surface area (Å²) in [5.74, 6) is 0.494. The average Bonchev–Trinajstić information content (AvgIpc) is 2.38. The number of halogens is 1. The Morgan fingerprint density at radius 1 is 1.06 bits per heavy atom. The molecule has 18 heavy (non-hydrogen) atoms. The first-order valence-electron chi connectivity index (χ1n) is 5.20. The second-order valence-corrected chi connectivity index (χ2v) is 5.01. The molecule has 0 aliphatic heterocycles. The van der Waals surface area contributed by atoms with E-state index in [1.54, 1.807) is 12.1 Å². The van der Waals surface area contributed by atoms with Gasteiger partial charge in [-0.3, -0.25) is 0 Å². The normalized spacial score (nSPS) is 11.2. The first kappa shape index (κ1) is 12.6. The summed E-state index contributed by atoms with van der Waals surface area (Å²) < 4.78 is 40.0. The summed E-state index contributed by atoms with van der Waals surface area (Å²) in [5, 5.41) is 0. The van der Waals surface area contributed by atoms with Crippen molar-refractivity contribution in [3.63, 3.8) is 0 Å². The molecule has 3 nitrogen and oxygen atoms in total. The monoisotopic (exact) mass is 266 g/mol. The van der Waals surface area contributed by atoms with E-state index in [0.717, 1.165) is 5.56 Å². The van der Waals surface area contributed by atoms with E-state index < -0.39 is 10.2 Å². The van der Waals surface area contributed by atoms with Gasteiger partial charge in [0.05, 0.1) is 12.0 Å². The third-order valence-corrected chi connectivity index (χ3v) is 3.35. The van der Waals surface area contributed by atoms with Crippen LogP contribution in [0, 0.1) is 0 Å². The van der Waals surface area contributed by atoms with Crippen LogP contribution in [0.15, 0.2) is 53.4 Å². The van der Waals surface area contributed by atoms with Crippen molar-refractivity contribution in [3.8, 4) is 16.9 Å². The largest absolute Gasteiger partial charge is 0.496 e. The van der Waals surface area contributed by atoms with Crippen molar-refractivity contribution in [2.24, 2.45) is 0 Å². The fourth-order valence-corrected chi connectivity index (χ4v) is 2.17. The minimum Gasteiger partial charge on any atom is -0.496 e. The molecule has 0 heterocycles. The Bertz CT molecular complexity index is 651. The highest BCUT2D eigenvalue weighted by molar-refractivity contribution is 7.86. The lowest BCUT2D eigenvalue weighted by Gasteiger charge is -2.09. The number of ether oxygens (including phenoxy) is 1.